The molecule has 1 fully saturated rings. The normalized spacial score (nSPS) is 15.4. The van der Waals surface area contributed by atoms with Crippen LogP contribution in [0.15, 0.2) is 179 Å². The van der Waals surface area contributed by atoms with E-state index in [9.17, 15) is 16.8 Å². The van der Waals surface area contributed by atoms with Gasteiger partial charge in [0.25, 0.3) is 0 Å². The van der Waals surface area contributed by atoms with Crippen LogP contribution in [0.4, 0.5) is 0 Å². The maximum atomic E-state index is 13.0. The number of nitrogens with two attached hydrogens (primary N) is 1. The number of ether oxygens (including phenoxy) is 7. The summed E-state index contributed by atoms with van der Waals surface area (Å²) in [5, 5.41) is 9.96. The predicted octanol–water partition coefficient (Wildman–Crippen LogP) is 12.2. The zero-order chi connectivity index (χ0) is 68.4. The summed E-state index contributed by atoms with van der Waals surface area (Å²) < 4.78 is 91.5. The molecule has 0 saturated carbocycles. The van der Waals surface area contributed by atoms with Crippen LogP contribution in [-0.4, -0.2) is 172 Å². The van der Waals surface area contributed by atoms with Crippen molar-refractivity contribution in [2.75, 3.05) is 145 Å². The average molecular weight is 1450 g/mol. The Morgan fingerprint density at radius 1 is 0.552 bits per heavy atom. The number of halogens is 4. The van der Waals surface area contributed by atoms with Crippen LogP contribution in [0, 0.1) is 0 Å². The highest BCUT2D eigenvalue weighted by molar-refractivity contribution is 7.91. The van der Waals surface area contributed by atoms with Crippen LogP contribution in [0.25, 0.3) is 10.4 Å². The topological polar surface area (TPSA) is 226 Å². The van der Waals surface area contributed by atoms with E-state index in [1.807, 2.05) is 38.4 Å². The molecule has 7 aromatic carbocycles. The molecule has 10 rings (SSSR count). The molecule has 25 heteroatoms. The van der Waals surface area contributed by atoms with Crippen molar-refractivity contribution in [1.29, 1.82) is 0 Å². The molecule has 2 atom stereocenters. The maximum absolute atomic E-state index is 13.0. The van der Waals surface area contributed by atoms with Crippen molar-refractivity contribution in [3.8, 4) is 0 Å². The lowest BCUT2D eigenvalue weighted by molar-refractivity contribution is 0.0162. The van der Waals surface area contributed by atoms with Gasteiger partial charge in [-0.1, -0.05) is 167 Å². The fourth-order valence-corrected chi connectivity index (χ4v) is 16.7. The minimum absolute atomic E-state index is 0.00482. The van der Waals surface area contributed by atoms with Gasteiger partial charge in [0.15, 0.2) is 9.84 Å². The molecule has 0 aliphatic carbocycles. The van der Waals surface area contributed by atoms with E-state index in [2.05, 4.69) is 116 Å². The van der Waals surface area contributed by atoms with Crippen molar-refractivity contribution in [1.82, 2.24) is 14.5 Å². The fraction of sp³-hybridized carbons (Fsp3) is 0.408. The Morgan fingerprint density at radius 2 is 0.979 bits per heavy atom. The minimum atomic E-state index is -3.69. The SMILES string of the molecule is C1CCOC1.CN1Cc2c(Cl)cc(Cl)cc2C(c2cccc(S(=O)(=O)CCCOCCOCCOCCN=[N+]=[N-])c2)C1.CN1Cc2c(Cl)cc(Cl)cc2C(c2cccc(S(=O)(=O)NCCOCCOCCOCCN)c2)C1.c1ccc(P(c2ccccc2)c2ccccc2)cc1. The van der Waals surface area contributed by atoms with E-state index >= 15 is 0 Å². The van der Waals surface area contributed by atoms with Crippen LogP contribution in [0.5, 0.6) is 0 Å². The van der Waals surface area contributed by atoms with E-state index in [1.54, 1.807) is 48.5 Å². The first-order valence-corrected chi connectivity index (χ1v) is 38.0. The third-order valence-electron chi connectivity index (χ3n) is 15.4. The van der Waals surface area contributed by atoms with Crippen molar-refractivity contribution < 1.29 is 50.0 Å². The second-order valence-corrected chi connectivity index (χ2v) is 30.5. The number of nitrogens with one attached hydrogen (secondary N) is 1. The van der Waals surface area contributed by atoms with E-state index < -0.39 is 27.8 Å². The minimum Gasteiger partial charge on any atom is -0.381 e. The zero-order valence-electron chi connectivity index (χ0n) is 54.5. The van der Waals surface area contributed by atoms with Gasteiger partial charge in [0.1, 0.15) is 0 Å². The van der Waals surface area contributed by atoms with E-state index in [-0.39, 0.29) is 35.6 Å². The molecule has 7 aromatic rings. The molecular weight excluding hydrogens is 1360 g/mol. The van der Waals surface area contributed by atoms with Crippen molar-refractivity contribution in [3.05, 3.63) is 228 Å². The second kappa shape index (κ2) is 42.8. The summed E-state index contributed by atoms with van der Waals surface area (Å²) in [7, 11) is -3.57. The monoisotopic (exact) mass is 1450 g/mol. The molecule has 0 amide bonds. The summed E-state index contributed by atoms with van der Waals surface area (Å²) in [5.41, 5.74) is 19.4. The van der Waals surface area contributed by atoms with Crippen LogP contribution in [0.2, 0.25) is 20.1 Å². The van der Waals surface area contributed by atoms with Crippen LogP contribution in [-0.2, 0) is 66.1 Å². The highest BCUT2D eigenvalue weighted by atomic mass is 35.5. The number of fused-ring (bicyclic) bond motifs is 2. The number of nitrogens with zero attached hydrogens (tertiary/aromatic N) is 5. The number of hydrogen-bond donors (Lipinski definition) is 2. The molecule has 2 unspecified atom stereocenters. The van der Waals surface area contributed by atoms with Crippen molar-refractivity contribution >= 4 is 90.1 Å². The third-order valence-corrected chi connectivity index (χ3v) is 22.2. The quantitative estimate of drug-likeness (QED) is 0.0132. The average Bonchev–Trinajstić information content (AvgIpc) is 0.873. The molecule has 0 radical (unpaired) electrons. The molecule has 18 nitrogen and oxygen atoms in total. The van der Waals surface area contributed by atoms with Crippen LogP contribution < -0.4 is 26.4 Å². The Bertz CT molecular complexity index is 3620. The van der Waals surface area contributed by atoms with Gasteiger partial charge in [0.2, 0.25) is 10.0 Å². The molecule has 0 bridgehead atoms. The fourth-order valence-electron chi connectivity index (χ4n) is 10.9. The summed E-state index contributed by atoms with van der Waals surface area (Å²) in [4.78, 5) is 7.49. The lowest BCUT2D eigenvalue weighted by atomic mass is 9.85. The van der Waals surface area contributed by atoms with Crippen molar-refractivity contribution in [3.63, 3.8) is 0 Å². The largest absolute Gasteiger partial charge is 0.381 e. The van der Waals surface area contributed by atoms with Crippen LogP contribution in [0.3, 0.4) is 0 Å². The smallest absolute Gasteiger partial charge is 0.240 e. The standard InChI is InChI=1S/C25H32Cl2N4O5S.C24H33Cl2N3O5S.C18H15P.C4H8O/c1-31-17-23(22-15-20(26)16-25(27)24(22)18-31)19-4-2-5-21(14-19)37(32,33)13-3-7-34-9-11-36-12-10-35-8-6-29-30-28;1-29-16-22(21-14-19(25)15-24(26)23(21)17-29)18-3-2-4-20(13-18)35(30,31)28-6-8-33-10-12-34-11-9-32-7-5-27;1-4-10-16(11-5-1)19(17-12-6-2-7-13-17)18-14-8-3-9-15-18;1-2-4-5-3-1/h2,4-5,14-16,23H,3,6-13,17-18H2,1H3;2-4,13-15,22,28H,5-12,16-17,27H2,1H3;1-15H;1-4H2. The molecule has 3 aliphatic rings. The van der Waals surface area contributed by atoms with E-state index in [1.165, 1.54) is 28.8 Å². The second-order valence-electron chi connectivity index (χ2n) is 22.7. The number of azide groups is 1. The summed E-state index contributed by atoms with van der Waals surface area (Å²) in [5.74, 6) is -0.0752. The summed E-state index contributed by atoms with van der Waals surface area (Å²) >= 11 is 25.5. The lowest BCUT2D eigenvalue weighted by Crippen LogP contribution is -2.31. The van der Waals surface area contributed by atoms with Gasteiger partial charge in [-0.2, -0.15) is 0 Å². The number of rotatable bonds is 32. The number of hydrogen-bond acceptors (Lipinski definition) is 15. The summed E-state index contributed by atoms with van der Waals surface area (Å²) in [6.45, 7) is 10.6. The van der Waals surface area contributed by atoms with Gasteiger partial charge in [-0.15, -0.1) is 0 Å². The van der Waals surface area contributed by atoms with Crippen molar-refractivity contribution in [2.24, 2.45) is 10.8 Å². The summed E-state index contributed by atoms with van der Waals surface area (Å²) in [6, 6.07) is 53.8. The first-order valence-electron chi connectivity index (χ1n) is 32.0. The molecule has 1 saturated heterocycles. The molecule has 96 heavy (non-hydrogen) atoms. The Labute approximate surface area is 588 Å². The van der Waals surface area contributed by atoms with Crippen molar-refractivity contribution in [2.45, 2.75) is 54.0 Å². The van der Waals surface area contributed by atoms with E-state index in [0.29, 0.717) is 124 Å². The van der Waals surface area contributed by atoms with Gasteiger partial charge < -0.3 is 48.7 Å². The lowest BCUT2D eigenvalue weighted by Gasteiger charge is -2.33. The molecule has 0 spiro atoms. The maximum Gasteiger partial charge on any atom is 0.240 e. The molecular formula is C71H88Cl4N7O11PS2. The van der Waals surface area contributed by atoms with E-state index in [0.717, 1.165) is 66.2 Å². The predicted molar refractivity (Wildman–Crippen MR) is 387 cm³/mol. The molecule has 3 aliphatic heterocycles. The Kier molecular flexibility index (Phi) is 34.9. The summed E-state index contributed by atoms with van der Waals surface area (Å²) in [6.07, 6.45) is 2.94. The first-order chi connectivity index (χ1) is 46.6. The van der Waals surface area contributed by atoms with Gasteiger partial charge in [0.05, 0.1) is 88.2 Å². The zero-order valence-corrected chi connectivity index (χ0v) is 60.1. The molecule has 3 heterocycles. The Hall–Kier alpha value is -5.10. The Morgan fingerprint density at radius 3 is 1.43 bits per heavy atom. The number of likely N-dealkylation sites (N-methyl/N-ethyl adjacent to an activating group) is 2. The highest BCUT2D eigenvalue weighted by Crippen LogP contribution is 2.41. The van der Waals surface area contributed by atoms with Crippen LogP contribution >= 0.6 is 54.3 Å². The number of benzene rings is 7. The molecule has 0 aromatic heterocycles. The van der Waals surface area contributed by atoms with Gasteiger partial charge in [-0.25, -0.2) is 21.6 Å². The Balaban J connectivity index is 0.000000203. The first kappa shape index (κ1) is 78.2. The third kappa shape index (κ3) is 26.2. The van der Waals surface area contributed by atoms with E-state index in [4.69, 9.17) is 90.8 Å². The molecule has 518 valence electrons. The van der Waals surface area contributed by atoms with Gasteiger partial charge >= 0.3 is 0 Å². The number of sulfonamides is 1. The van der Waals surface area contributed by atoms with Gasteiger partial charge in [0, 0.05) is 102 Å². The van der Waals surface area contributed by atoms with Gasteiger partial charge in [-0.3, -0.25) is 0 Å². The number of sulfone groups is 1. The van der Waals surface area contributed by atoms with Gasteiger partial charge in [-0.05, 0) is 145 Å². The molecule has 3 N–H and O–H groups in total. The highest BCUT2D eigenvalue weighted by Gasteiger charge is 2.30. The van der Waals surface area contributed by atoms with Crippen LogP contribution in [0.1, 0.15) is 64.5 Å².